The Labute approximate surface area is 213 Å². The van der Waals surface area contributed by atoms with Gasteiger partial charge in [0.25, 0.3) is 11.7 Å². The summed E-state index contributed by atoms with van der Waals surface area (Å²) in [6.45, 7) is 7.90. The lowest BCUT2D eigenvalue weighted by Crippen LogP contribution is -2.29. The lowest BCUT2D eigenvalue weighted by atomic mass is 9.84. The van der Waals surface area contributed by atoms with E-state index < -0.39 is 23.5 Å². The molecule has 1 aliphatic heterocycles. The second kappa shape index (κ2) is 9.14. The molecule has 0 radical (unpaired) electrons. The average Bonchev–Trinajstić information content (AvgIpc) is 3.05. The number of hydrogen-bond donors (Lipinski definition) is 1. The highest BCUT2D eigenvalue weighted by molar-refractivity contribution is 6.52. The van der Waals surface area contributed by atoms with E-state index in [0.717, 1.165) is 10.5 Å². The Kier molecular flexibility index (Phi) is 6.52. The van der Waals surface area contributed by atoms with Gasteiger partial charge in [-0.2, -0.15) is 0 Å². The van der Waals surface area contributed by atoms with Crippen molar-refractivity contribution in [1.29, 1.82) is 0 Å². The molecule has 1 aliphatic rings. The Morgan fingerprint density at radius 2 is 1.66 bits per heavy atom. The minimum atomic E-state index is -1.20. The SMILES string of the molecule is Cc1ccc(C(C)(C)C)cc1/C(O)=C1\C(=O)C(=O)N(c2ccc(Cl)c(Cl)c2)C1c1ccccc1F. The summed E-state index contributed by atoms with van der Waals surface area (Å²) in [5.74, 6) is -2.79. The van der Waals surface area contributed by atoms with Gasteiger partial charge in [0.1, 0.15) is 11.6 Å². The standard InChI is InChI=1S/C28H24Cl2FNO3/c1-15-9-10-16(28(2,3)4)13-19(15)25(33)23-24(18-7-5-6-8-22(18)31)32(27(35)26(23)34)17-11-12-20(29)21(30)14-17/h5-14,24,33H,1-4H3/b25-23+. The number of benzene rings is 3. The number of ketones is 1. The van der Waals surface area contributed by atoms with E-state index in [-0.39, 0.29) is 38.0 Å². The number of carbonyl (C=O) groups is 2. The molecule has 1 amide bonds. The lowest BCUT2D eigenvalue weighted by molar-refractivity contribution is -0.132. The van der Waals surface area contributed by atoms with Crippen molar-refractivity contribution in [2.24, 2.45) is 0 Å². The molecule has 1 heterocycles. The van der Waals surface area contributed by atoms with Gasteiger partial charge in [0, 0.05) is 16.8 Å². The topological polar surface area (TPSA) is 57.6 Å². The van der Waals surface area contributed by atoms with Crippen LogP contribution in [0.25, 0.3) is 5.76 Å². The molecule has 3 aromatic rings. The minimum absolute atomic E-state index is 0.0731. The normalized spacial score (nSPS) is 17.8. The first-order valence-electron chi connectivity index (χ1n) is 11.0. The van der Waals surface area contributed by atoms with Crippen LogP contribution in [0.5, 0.6) is 0 Å². The van der Waals surface area contributed by atoms with Gasteiger partial charge in [-0.1, -0.05) is 74.3 Å². The predicted molar refractivity (Wildman–Crippen MR) is 138 cm³/mol. The molecule has 4 nitrogen and oxygen atoms in total. The molecule has 0 bridgehead atoms. The Balaban J connectivity index is 2.01. The summed E-state index contributed by atoms with van der Waals surface area (Å²) in [4.78, 5) is 27.8. The average molecular weight is 512 g/mol. The van der Waals surface area contributed by atoms with Gasteiger partial charge < -0.3 is 5.11 Å². The maximum atomic E-state index is 15.1. The van der Waals surface area contributed by atoms with Gasteiger partial charge in [0.2, 0.25) is 0 Å². The summed E-state index contributed by atoms with van der Waals surface area (Å²) in [5, 5.41) is 11.9. The Morgan fingerprint density at radius 3 is 2.29 bits per heavy atom. The predicted octanol–water partition coefficient (Wildman–Crippen LogP) is 7.36. The van der Waals surface area contributed by atoms with E-state index in [1.54, 1.807) is 19.1 Å². The fraction of sp³-hybridized carbons (Fsp3) is 0.214. The molecule has 1 atom stereocenters. The second-order valence-electron chi connectivity index (χ2n) is 9.57. The third-order valence-electron chi connectivity index (χ3n) is 6.18. The zero-order chi connectivity index (χ0) is 25.7. The lowest BCUT2D eigenvalue weighted by Gasteiger charge is -2.26. The largest absolute Gasteiger partial charge is 0.507 e. The molecule has 35 heavy (non-hydrogen) atoms. The summed E-state index contributed by atoms with van der Waals surface area (Å²) in [5.41, 5.74) is 1.97. The monoisotopic (exact) mass is 511 g/mol. The number of halogens is 3. The van der Waals surface area contributed by atoms with Gasteiger partial charge in [-0.05, 0) is 53.8 Å². The smallest absolute Gasteiger partial charge is 0.300 e. The molecule has 1 unspecified atom stereocenters. The molecule has 0 saturated carbocycles. The maximum Gasteiger partial charge on any atom is 0.300 e. The summed E-state index contributed by atoms with van der Waals surface area (Å²) in [7, 11) is 0. The van der Waals surface area contributed by atoms with Crippen LogP contribution >= 0.6 is 23.2 Å². The van der Waals surface area contributed by atoms with Crippen molar-refractivity contribution in [3.05, 3.63) is 104 Å². The van der Waals surface area contributed by atoms with Crippen molar-refractivity contribution in [2.45, 2.75) is 39.2 Å². The number of nitrogens with zero attached hydrogens (tertiary/aromatic N) is 1. The molecule has 4 rings (SSSR count). The molecule has 0 spiro atoms. The van der Waals surface area contributed by atoms with Gasteiger partial charge in [-0.25, -0.2) is 4.39 Å². The summed E-state index contributed by atoms with van der Waals surface area (Å²) >= 11 is 12.2. The number of amides is 1. The van der Waals surface area contributed by atoms with E-state index in [1.807, 2.05) is 32.9 Å². The quantitative estimate of drug-likeness (QED) is 0.227. The number of aliphatic hydroxyl groups excluding tert-OH is 1. The first kappa shape index (κ1) is 25.0. The van der Waals surface area contributed by atoms with E-state index in [9.17, 15) is 14.7 Å². The van der Waals surface area contributed by atoms with Crippen LogP contribution in [0.4, 0.5) is 10.1 Å². The molecule has 1 fully saturated rings. The number of Topliss-reactive ketones (excluding diaryl/α,β-unsaturated/α-hetero) is 1. The van der Waals surface area contributed by atoms with Crippen LogP contribution in [-0.2, 0) is 15.0 Å². The van der Waals surface area contributed by atoms with Crippen LogP contribution in [0.2, 0.25) is 10.0 Å². The molecular weight excluding hydrogens is 488 g/mol. The zero-order valence-electron chi connectivity index (χ0n) is 19.7. The molecule has 7 heteroatoms. The molecule has 0 aliphatic carbocycles. The highest BCUT2D eigenvalue weighted by atomic mass is 35.5. The number of aryl methyl sites for hydroxylation is 1. The number of rotatable bonds is 3. The van der Waals surface area contributed by atoms with Crippen molar-refractivity contribution in [2.75, 3.05) is 4.90 Å². The molecule has 180 valence electrons. The molecule has 3 aromatic carbocycles. The van der Waals surface area contributed by atoms with Crippen LogP contribution < -0.4 is 4.90 Å². The van der Waals surface area contributed by atoms with Crippen molar-refractivity contribution in [3.8, 4) is 0 Å². The van der Waals surface area contributed by atoms with Crippen molar-refractivity contribution in [3.63, 3.8) is 0 Å². The summed E-state index contributed by atoms with van der Waals surface area (Å²) in [6.07, 6.45) is 0. The second-order valence-corrected chi connectivity index (χ2v) is 10.4. The van der Waals surface area contributed by atoms with Crippen molar-refractivity contribution < 1.29 is 19.1 Å². The summed E-state index contributed by atoms with van der Waals surface area (Å²) < 4.78 is 15.1. The van der Waals surface area contributed by atoms with Crippen molar-refractivity contribution in [1.82, 2.24) is 0 Å². The minimum Gasteiger partial charge on any atom is -0.507 e. The van der Waals surface area contributed by atoms with Crippen molar-refractivity contribution >= 4 is 46.3 Å². The van der Waals surface area contributed by atoms with Crippen LogP contribution in [0.3, 0.4) is 0 Å². The molecular formula is C28H24Cl2FNO3. The van der Waals surface area contributed by atoms with E-state index >= 15 is 4.39 Å². The third-order valence-corrected chi connectivity index (χ3v) is 6.92. The Hall–Kier alpha value is -3.15. The maximum absolute atomic E-state index is 15.1. The number of hydrogen-bond acceptors (Lipinski definition) is 3. The van der Waals surface area contributed by atoms with Gasteiger partial charge in [-0.3, -0.25) is 14.5 Å². The van der Waals surface area contributed by atoms with Gasteiger partial charge >= 0.3 is 0 Å². The van der Waals surface area contributed by atoms with Crippen LogP contribution in [-0.4, -0.2) is 16.8 Å². The Bertz CT molecular complexity index is 1390. The fourth-order valence-corrected chi connectivity index (χ4v) is 4.51. The third kappa shape index (κ3) is 4.46. The molecule has 0 aromatic heterocycles. The van der Waals surface area contributed by atoms with E-state index in [1.165, 1.54) is 36.4 Å². The van der Waals surface area contributed by atoms with Gasteiger partial charge in [0.05, 0.1) is 21.7 Å². The summed E-state index contributed by atoms with van der Waals surface area (Å²) in [6, 6.07) is 14.7. The zero-order valence-corrected chi connectivity index (χ0v) is 21.2. The molecule has 1 saturated heterocycles. The highest BCUT2D eigenvalue weighted by Crippen LogP contribution is 2.44. The Morgan fingerprint density at radius 1 is 0.971 bits per heavy atom. The first-order valence-corrected chi connectivity index (χ1v) is 11.8. The van der Waals surface area contributed by atoms with Gasteiger partial charge in [-0.15, -0.1) is 0 Å². The fourth-order valence-electron chi connectivity index (χ4n) is 4.21. The van der Waals surface area contributed by atoms with Crippen LogP contribution in [0.1, 0.15) is 49.1 Å². The van der Waals surface area contributed by atoms with Crippen LogP contribution in [0.15, 0.2) is 66.2 Å². The number of anilines is 1. The highest BCUT2D eigenvalue weighted by Gasteiger charge is 2.48. The number of aliphatic hydroxyl groups is 1. The van der Waals surface area contributed by atoms with E-state index in [0.29, 0.717) is 11.1 Å². The number of carbonyl (C=O) groups excluding carboxylic acids is 2. The first-order chi connectivity index (χ1) is 16.4. The van der Waals surface area contributed by atoms with Gasteiger partial charge in [0.15, 0.2) is 0 Å². The van der Waals surface area contributed by atoms with Crippen LogP contribution in [0, 0.1) is 12.7 Å². The van der Waals surface area contributed by atoms with E-state index in [4.69, 9.17) is 23.2 Å². The van der Waals surface area contributed by atoms with E-state index in [2.05, 4.69) is 0 Å². The molecule has 1 N–H and O–H groups in total.